The van der Waals surface area contributed by atoms with Crippen molar-refractivity contribution in [3.63, 3.8) is 0 Å². The summed E-state index contributed by atoms with van der Waals surface area (Å²) in [5.41, 5.74) is 1.71. The summed E-state index contributed by atoms with van der Waals surface area (Å²) >= 11 is 0. The molecule has 0 aliphatic rings. The van der Waals surface area contributed by atoms with Gasteiger partial charge in [0.05, 0.1) is 0 Å². The quantitative estimate of drug-likeness (QED) is 0.601. The predicted molar refractivity (Wildman–Crippen MR) is 64.2 cm³/mol. The van der Waals surface area contributed by atoms with Gasteiger partial charge in [0.1, 0.15) is 11.6 Å². The summed E-state index contributed by atoms with van der Waals surface area (Å²) in [6.07, 6.45) is 0. The number of carbonyl (C=O) groups is 1. The lowest BCUT2D eigenvalue weighted by atomic mass is 10.8. The molecule has 0 saturated heterocycles. The fourth-order valence-corrected chi connectivity index (χ4v) is 2.54. The van der Waals surface area contributed by atoms with E-state index < -0.39 is 44.4 Å². The standard InChI is InChI=1S/C8H12N4O6S/c1-10-6(14)11(2)8(16)12(7(10)15)4-19(17,18)3-5(9)13/h3-4H2,1-2H3,(H2,9,13). The second-order valence-corrected chi connectivity index (χ2v) is 5.91. The van der Waals surface area contributed by atoms with E-state index in [9.17, 15) is 27.6 Å². The van der Waals surface area contributed by atoms with E-state index in [0.717, 1.165) is 14.1 Å². The van der Waals surface area contributed by atoms with Crippen molar-refractivity contribution in [1.82, 2.24) is 13.7 Å². The van der Waals surface area contributed by atoms with Crippen LogP contribution in [0.15, 0.2) is 14.4 Å². The Bertz CT molecular complexity index is 756. The van der Waals surface area contributed by atoms with Gasteiger partial charge in [0.25, 0.3) is 0 Å². The molecule has 0 aromatic carbocycles. The molecule has 0 aliphatic heterocycles. The number of rotatable bonds is 4. The molecule has 19 heavy (non-hydrogen) atoms. The minimum Gasteiger partial charge on any atom is -0.369 e. The molecule has 0 spiro atoms. The van der Waals surface area contributed by atoms with Gasteiger partial charge in [-0.05, 0) is 0 Å². The maximum Gasteiger partial charge on any atom is 0.336 e. The first-order chi connectivity index (χ1) is 8.57. The largest absolute Gasteiger partial charge is 0.369 e. The van der Waals surface area contributed by atoms with Crippen LogP contribution in [0.1, 0.15) is 0 Å². The SMILES string of the molecule is Cn1c(=O)n(C)c(=O)n(CS(=O)(=O)CC(N)=O)c1=O. The summed E-state index contributed by atoms with van der Waals surface area (Å²) in [6.45, 7) is 0. The second kappa shape index (κ2) is 4.84. The molecule has 0 radical (unpaired) electrons. The summed E-state index contributed by atoms with van der Waals surface area (Å²) in [6, 6.07) is 0. The van der Waals surface area contributed by atoms with Gasteiger partial charge < -0.3 is 5.73 Å². The highest BCUT2D eigenvalue weighted by molar-refractivity contribution is 7.91. The summed E-state index contributed by atoms with van der Waals surface area (Å²) in [5, 5.41) is 0. The highest BCUT2D eigenvalue weighted by atomic mass is 32.2. The van der Waals surface area contributed by atoms with Crippen LogP contribution in [0.3, 0.4) is 0 Å². The molecule has 1 aromatic rings. The Morgan fingerprint density at radius 3 is 1.84 bits per heavy atom. The number of primary amides is 1. The minimum atomic E-state index is -4.07. The Kier molecular flexibility index (Phi) is 3.79. The maximum atomic E-state index is 11.7. The Balaban J connectivity index is 3.48. The number of amides is 1. The molecule has 1 rings (SSSR count). The van der Waals surface area contributed by atoms with E-state index in [2.05, 4.69) is 0 Å². The van der Waals surface area contributed by atoms with Crippen LogP contribution in [0.2, 0.25) is 0 Å². The first-order valence-corrected chi connectivity index (χ1v) is 6.74. The molecular weight excluding hydrogens is 280 g/mol. The normalized spacial score (nSPS) is 11.5. The third-order valence-corrected chi connectivity index (χ3v) is 3.67. The van der Waals surface area contributed by atoms with E-state index in [0.29, 0.717) is 13.7 Å². The fraction of sp³-hybridized carbons (Fsp3) is 0.500. The number of hydrogen-bond acceptors (Lipinski definition) is 6. The van der Waals surface area contributed by atoms with Gasteiger partial charge in [-0.25, -0.2) is 36.5 Å². The molecule has 11 heteroatoms. The van der Waals surface area contributed by atoms with Crippen LogP contribution >= 0.6 is 0 Å². The van der Waals surface area contributed by atoms with Crippen molar-refractivity contribution in [2.75, 3.05) is 5.75 Å². The van der Waals surface area contributed by atoms with E-state index in [1.165, 1.54) is 0 Å². The van der Waals surface area contributed by atoms with E-state index in [4.69, 9.17) is 5.73 Å². The van der Waals surface area contributed by atoms with Gasteiger partial charge in [0.2, 0.25) is 5.91 Å². The van der Waals surface area contributed by atoms with E-state index >= 15 is 0 Å². The van der Waals surface area contributed by atoms with Gasteiger partial charge >= 0.3 is 17.1 Å². The molecule has 0 unspecified atom stereocenters. The molecule has 0 saturated carbocycles. The number of carbonyl (C=O) groups excluding carboxylic acids is 1. The second-order valence-electron chi connectivity index (χ2n) is 3.88. The van der Waals surface area contributed by atoms with Gasteiger partial charge in [0.15, 0.2) is 9.84 Å². The molecule has 0 fully saturated rings. The lowest BCUT2D eigenvalue weighted by Gasteiger charge is -2.08. The number of nitrogens with two attached hydrogens (primary N) is 1. The van der Waals surface area contributed by atoms with Crippen LogP contribution in [-0.2, 0) is 34.6 Å². The molecule has 0 atom stereocenters. The van der Waals surface area contributed by atoms with Crippen LogP contribution in [0, 0.1) is 0 Å². The fourth-order valence-electron chi connectivity index (χ4n) is 1.40. The number of sulfone groups is 1. The first kappa shape index (κ1) is 14.9. The van der Waals surface area contributed by atoms with Gasteiger partial charge in [-0.1, -0.05) is 0 Å². The zero-order valence-electron chi connectivity index (χ0n) is 10.2. The molecule has 1 aromatic heterocycles. The average molecular weight is 292 g/mol. The number of hydrogen-bond donors (Lipinski definition) is 1. The molecule has 1 heterocycles. The summed E-state index contributed by atoms with van der Waals surface area (Å²) in [4.78, 5) is 45.3. The van der Waals surface area contributed by atoms with Crippen molar-refractivity contribution in [2.45, 2.75) is 5.88 Å². The summed E-state index contributed by atoms with van der Waals surface area (Å²) in [7, 11) is -1.87. The Morgan fingerprint density at radius 2 is 1.47 bits per heavy atom. The lowest BCUT2D eigenvalue weighted by molar-refractivity contribution is -0.115. The van der Waals surface area contributed by atoms with E-state index in [-0.39, 0.29) is 0 Å². The van der Waals surface area contributed by atoms with Crippen LogP contribution in [0.25, 0.3) is 0 Å². The Morgan fingerprint density at radius 1 is 1.05 bits per heavy atom. The van der Waals surface area contributed by atoms with Gasteiger partial charge in [-0.15, -0.1) is 0 Å². The van der Waals surface area contributed by atoms with Gasteiger partial charge in [-0.3, -0.25) is 4.79 Å². The zero-order valence-corrected chi connectivity index (χ0v) is 11.0. The van der Waals surface area contributed by atoms with Crippen LogP contribution in [-0.4, -0.2) is 33.8 Å². The summed E-state index contributed by atoms with van der Waals surface area (Å²) < 4.78 is 24.6. The van der Waals surface area contributed by atoms with Crippen LogP contribution in [0.5, 0.6) is 0 Å². The van der Waals surface area contributed by atoms with Crippen molar-refractivity contribution in [3.8, 4) is 0 Å². The van der Waals surface area contributed by atoms with Crippen molar-refractivity contribution in [1.29, 1.82) is 0 Å². The maximum absolute atomic E-state index is 11.7. The monoisotopic (exact) mass is 292 g/mol. The minimum absolute atomic E-state index is 0.347. The molecular formula is C8H12N4O6S. The molecule has 2 N–H and O–H groups in total. The van der Waals surface area contributed by atoms with Crippen molar-refractivity contribution in [2.24, 2.45) is 19.8 Å². The molecule has 10 nitrogen and oxygen atoms in total. The van der Waals surface area contributed by atoms with Gasteiger partial charge in [-0.2, -0.15) is 0 Å². The zero-order chi connectivity index (χ0) is 15.0. The molecule has 0 bridgehead atoms. The topological polar surface area (TPSA) is 143 Å². The predicted octanol–water partition coefficient (Wildman–Crippen LogP) is -3.90. The summed E-state index contributed by atoms with van der Waals surface area (Å²) in [5.74, 6) is -3.12. The highest BCUT2D eigenvalue weighted by Crippen LogP contribution is 1.91. The Labute approximate surface area is 106 Å². The number of aromatic nitrogens is 3. The molecule has 1 amide bonds. The molecule has 0 aliphatic carbocycles. The molecule has 106 valence electrons. The third kappa shape index (κ3) is 2.99. The number of nitrogens with zero attached hydrogens (tertiary/aromatic N) is 3. The first-order valence-electron chi connectivity index (χ1n) is 4.92. The average Bonchev–Trinajstić information content (AvgIpc) is 2.28. The van der Waals surface area contributed by atoms with Crippen molar-refractivity contribution >= 4 is 15.7 Å². The highest BCUT2D eigenvalue weighted by Gasteiger charge is 2.20. The lowest BCUT2D eigenvalue weighted by Crippen LogP contribution is -2.53. The van der Waals surface area contributed by atoms with E-state index in [1.807, 2.05) is 0 Å². The smallest absolute Gasteiger partial charge is 0.336 e. The van der Waals surface area contributed by atoms with Crippen molar-refractivity contribution in [3.05, 3.63) is 31.5 Å². The third-order valence-electron chi connectivity index (χ3n) is 2.30. The van der Waals surface area contributed by atoms with Gasteiger partial charge in [0, 0.05) is 14.1 Å². The van der Waals surface area contributed by atoms with E-state index in [1.54, 1.807) is 0 Å². The Hall–Kier alpha value is -2.17. The van der Waals surface area contributed by atoms with Crippen LogP contribution < -0.4 is 22.8 Å². The van der Waals surface area contributed by atoms with Crippen LogP contribution in [0.4, 0.5) is 0 Å². The van der Waals surface area contributed by atoms with Crippen molar-refractivity contribution < 1.29 is 13.2 Å².